The first-order valence-electron chi connectivity index (χ1n) is 7.96. The molecule has 24 heavy (non-hydrogen) atoms. The summed E-state index contributed by atoms with van der Waals surface area (Å²) in [5, 5.41) is 1.87. The van der Waals surface area contributed by atoms with Gasteiger partial charge in [0.25, 0.3) is 0 Å². The fraction of sp³-hybridized carbons (Fsp3) is 0.211. The lowest BCUT2D eigenvalue weighted by Gasteiger charge is -2.07. The van der Waals surface area contributed by atoms with Crippen LogP contribution < -0.4 is 5.73 Å². The van der Waals surface area contributed by atoms with Crippen LogP contribution >= 0.6 is 0 Å². The number of rotatable bonds is 3. The van der Waals surface area contributed by atoms with Gasteiger partial charge in [0, 0.05) is 34.6 Å². The summed E-state index contributed by atoms with van der Waals surface area (Å²) in [4.78, 5) is 13.2. The SMILES string of the molecule is Cc1ccc(F)cc1-c1cc2cnc(N=C(N)C3CC3)cc2cn1. The van der Waals surface area contributed by atoms with Crippen LogP contribution in [0.2, 0.25) is 0 Å². The second-order valence-corrected chi connectivity index (χ2v) is 6.23. The molecule has 120 valence electrons. The van der Waals surface area contributed by atoms with Gasteiger partial charge in [-0.15, -0.1) is 0 Å². The monoisotopic (exact) mass is 320 g/mol. The fourth-order valence-corrected chi connectivity index (χ4v) is 2.71. The minimum absolute atomic E-state index is 0.268. The van der Waals surface area contributed by atoms with Gasteiger partial charge in [0.1, 0.15) is 11.7 Å². The largest absolute Gasteiger partial charge is 0.387 e. The highest BCUT2D eigenvalue weighted by Gasteiger charge is 2.25. The molecular weight excluding hydrogens is 303 g/mol. The van der Waals surface area contributed by atoms with Crippen molar-refractivity contribution in [3.05, 3.63) is 54.1 Å². The van der Waals surface area contributed by atoms with Crippen molar-refractivity contribution in [2.24, 2.45) is 16.6 Å². The number of amidine groups is 1. The molecule has 0 spiro atoms. The maximum Gasteiger partial charge on any atom is 0.154 e. The van der Waals surface area contributed by atoms with Gasteiger partial charge in [0.2, 0.25) is 0 Å². The molecule has 0 bridgehead atoms. The molecule has 2 aromatic heterocycles. The van der Waals surface area contributed by atoms with E-state index in [0.29, 0.717) is 17.6 Å². The quantitative estimate of drug-likeness (QED) is 0.582. The van der Waals surface area contributed by atoms with Crippen LogP contribution in [0.15, 0.2) is 47.7 Å². The number of aliphatic imine (C=N–C) groups is 1. The number of fused-ring (bicyclic) bond motifs is 1. The zero-order chi connectivity index (χ0) is 16.7. The van der Waals surface area contributed by atoms with E-state index in [4.69, 9.17) is 5.73 Å². The Kier molecular flexibility index (Phi) is 3.49. The molecule has 0 atom stereocenters. The molecule has 0 saturated heterocycles. The van der Waals surface area contributed by atoms with E-state index in [1.165, 1.54) is 12.1 Å². The van der Waals surface area contributed by atoms with E-state index in [1.807, 2.05) is 19.1 Å². The summed E-state index contributed by atoms with van der Waals surface area (Å²) in [6.45, 7) is 1.94. The van der Waals surface area contributed by atoms with Gasteiger partial charge in [-0.25, -0.2) is 14.4 Å². The van der Waals surface area contributed by atoms with Gasteiger partial charge in [-0.1, -0.05) is 6.07 Å². The normalized spacial score (nSPS) is 15.0. The van der Waals surface area contributed by atoms with Crippen molar-refractivity contribution in [3.8, 4) is 11.3 Å². The van der Waals surface area contributed by atoms with Crippen molar-refractivity contribution in [1.29, 1.82) is 0 Å². The van der Waals surface area contributed by atoms with Crippen LogP contribution in [0.1, 0.15) is 18.4 Å². The second-order valence-electron chi connectivity index (χ2n) is 6.23. The molecule has 3 aromatic rings. The van der Waals surface area contributed by atoms with Crippen LogP contribution in [0, 0.1) is 18.7 Å². The third-order valence-electron chi connectivity index (χ3n) is 4.30. The highest BCUT2D eigenvalue weighted by atomic mass is 19.1. The fourth-order valence-electron chi connectivity index (χ4n) is 2.71. The summed E-state index contributed by atoms with van der Waals surface area (Å²) in [6, 6.07) is 8.51. The van der Waals surface area contributed by atoms with Crippen molar-refractivity contribution >= 4 is 22.4 Å². The molecule has 0 radical (unpaired) electrons. The molecule has 2 heterocycles. The van der Waals surface area contributed by atoms with E-state index < -0.39 is 0 Å². The predicted molar refractivity (Wildman–Crippen MR) is 93.7 cm³/mol. The van der Waals surface area contributed by atoms with Crippen LogP contribution in [0.5, 0.6) is 0 Å². The van der Waals surface area contributed by atoms with Crippen molar-refractivity contribution in [3.63, 3.8) is 0 Å². The number of hydrogen-bond acceptors (Lipinski definition) is 3. The summed E-state index contributed by atoms with van der Waals surface area (Å²) < 4.78 is 13.5. The molecule has 1 aromatic carbocycles. The number of hydrogen-bond donors (Lipinski definition) is 1. The lowest BCUT2D eigenvalue weighted by molar-refractivity contribution is 0.628. The van der Waals surface area contributed by atoms with Gasteiger partial charge in [-0.2, -0.15) is 0 Å². The lowest BCUT2D eigenvalue weighted by Crippen LogP contribution is -2.13. The van der Waals surface area contributed by atoms with Crippen molar-refractivity contribution < 1.29 is 4.39 Å². The van der Waals surface area contributed by atoms with E-state index in [-0.39, 0.29) is 5.82 Å². The lowest BCUT2D eigenvalue weighted by atomic mass is 10.0. The number of nitrogens with zero attached hydrogens (tertiary/aromatic N) is 3. The van der Waals surface area contributed by atoms with Crippen LogP contribution in [0.25, 0.3) is 22.0 Å². The Balaban J connectivity index is 1.74. The number of halogens is 1. The topological polar surface area (TPSA) is 64.2 Å². The van der Waals surface area contributed by atoms with Crippen LogP contribution in [-0.4, -0.2) is 15.8 Å². The van der Waals surface area contributed by atoms with Gasteiger partial charge in [-0.05, 0) is 49.6 Å². The first-order chi connectivity index (χ1) is 11.6. The predicted octanol–water partition coefficient (Wildman–Crippen LogP) is 4.14. The highest BCUT2D eigenvalue weighted by Crippen LogP contribution is 2.30. The van der Waals surface area contributed by atoms with E-state index in [9.17, 15) is 4.39 Å². The Bertz CT molecular complexity index is 961. The summed E-state index contributed by atoms with van der Waals surface area (Å²) in [5.74, 6) is 1.40. The van der Waals surface area contributed by atoms with Crippen LogP contribution in [0.4, 0.5) is 10.2 Å². The van der Waals surface area contributed by atoms with E-state index in [2.05, 4.69) is 15.0 Å². The van der Waals surface area contributed by atoms with Gasteiger partial charge >= 0.3 is 0 Å². The molecule has 4 nitrogen and oxygen atoms in total. The Morgan fingerprint density at radius 2 is 1.88 bits per heavy atom. The number of pyridine rings is 2. The van der Waals surface area contributed by atoms with Gasteiger partial charge in [0.05, 0.1) is 5.69 Å². The molecule has 4 rings (SSSR count). The highest BCUT2D eigenvalue weighted by molar-refractivity contribution is 5.89. The maximum atomic E-state index is 13.5. The second kappa shape index (κ2) is 5.67. The van der Waals surface area contributed by atoms with Gasteiger partial charge < -0.3 is 5.73 Å². The molecule has 0 aliphatic heterocycles. The molecule has 1 fully saturated rings. The third kappa shape index (κ3) is 2.85. The van der Waals surface area contributed by atoms with Gasteiger partial charge in [-0.3, -0.25) is 4.98 Å². The molecular formula is C19H17FN4. The minimum atomic E-state index is -0.268. The molecule has 2 N–H and O–H groups in total. The summed E-state index contributed by atoms with van der Waals surface area (Å²) in [7, 11) is 0. The molecule has 0 amide bonds. The number of aryl methyl sites for hydroxylation is 1. The molecule has 1 saturated carbocycles. The average molecular weight is 320 g/mol. The summed E-state index contributed by atoms with van der Waals surface area (Å²) in [6.07, 6.45) is 5.75. The molecule has 0 unspecified atom stereocenters. The molecule has 5 heteroatoms. The maximum absolute atomic E-state index is 13.5. The Morgan fingerprint density at radius 3 is 2.67 bits per heavy atom. The van der Waals surface area contributed by atoms with E-state index >= 15 is 0 Å². The van der Waals surface area contributed by atoms with Crippen molar-refractivity contribution in [2.75, 3.05) is 0 Å². The van der Waals surface area contributed by atoms with E-state index in [1.54, 1.807) is 18.5 Å². The number of nitrogens with two attached hydrogens (primary N) is 1. The van der Waals surface area contributed by atoms with Crippen LogP contribution in [0.3, 0.4) is 0 Å². The first kappa shape index (κ1) is 14.8. The average Bonchev–Trinajstić information content (AvgIpc) is 3.42. The Hall–Kier alpha value is -2.82. The summed E-state index contributed by atoms with van der Waals surface area (Å²) >= 11 is 0. The van der Waals surface area contributed by atoms with Crippen LogP contribution in [-0.2, 0) is 0 Å². The first-order valence-corrected chi connectivity index (χ1v) is 7.96. The minimum Gasteiger partial charge on any atom is -0.387 e. The zero-order valence-electron chi connectivity index (χ0n) is 13.3. The van der Waals surface area contributed by atoms with E-state index in [0.717, 1.165) is 40.4 Å². The zero-order valence-corrected chi connectivity index (χ0v) is 13.3. The summed E-state index contributed by atoms with van der Waals surface area (Å²) in [5.41, 5.74) is 8.45. The Morgan fingerprint density at radius 1 is 1.12 bits per heavy atom. The number of aromatic nitrogens is 2. The smallest absolute Gasteiger partial charge is 0.154 e. The van der Waals surface area contributed by atoms with Gasteiger partial charge in [0.15, 0.2) is 5.82 Å². The third-order valence-corrected chi connectivity index (χ3v) is 4.30. The molecule has 1 aliphatic carbocycles. The Labute approximate surface area is 139 Å². The van der Waals surface area contributed by atoms with Crippen molar-refractivity contribution in [1.82, 2.24) is 9.97 Å². The standard InChI is InChI=1S/C19H17FN4/c1-11-2-5-15(20)8-16(11)17-6-13-10-23-18(7-14(13)9-22-17)24-19(21)12-3-4-12/h2,5-10,12H,3-4H2,1H3,(H2,21,23,24). The molecule has 1 aliphatic rings. The van der Waals surface area contributed by atoms with Crippen molar-refractivity contribution in [2.45, 2.75) is 19.8 Å². The number of benzene rings is 1.